The zero-order valence-electron chi connectivity index (χ0n) is 8.46. The number of hydrogen-bond acceptors (Lipinski definition) is 3. The Bertz CT molecular complexity index is 157. The Kier molecular flexibility index (Phi) is 3.19. The fourth-order valence-electron chi connectivity index (χ4n) is 2.01. The molecule has 3 heteroatoms. The van der Waals surface area contributed by atoms with E-state index in [2.05, 4.69) is 17.1 Å². The van der Waals surface area contributed by atoms with Crippen molar-refractivity contribution in [3.8, 4) is 0 Å². The van der Waals surface area contributed by atoms with E-state index in [1.165, 1.54) is 19.5 Å². The van der Waals surface area contributed by atoms with Gasteiger partial charge < -0.3 is 10.1 Å². The lowest BCUT2D eigenvalue weighted by Crippen LogP contribution is -2.53. The van der Waals surface area contributed by atoms with Gasteiger partial charge in [-0.25, -0.2) is 0 Å². The second-order valence-electron chi connectivity index (χ2n) is 4.10. The van der Waals surface area contributed by atoms with Crippen LogP contribution in [0.25, 0.3) is 0 Å². The second-order valence-corrected chi connectivity index (χ2v) is 4.10. The summed E-state index contributed by atoms with van der Waals surface area (Å²) in [6.07, 6.45) is 2.98. The molecule has 76 valence electrons. The maximum atomic E-state index is 5.63. The quantitative estimate of drug-likeness (QED) is 0.689. The lowest BCUT2D eigenvalue weighted by atomic mass is 10.1. The van der Waals surface area contributed by atoms with Crippen LogP contribution >= 0.6 is 0 Å². The zero-order valence-corrected chi connectivity index (χ0v) is 8.46. The molecular formula is C10H20N2O. The highest BCUT2D eigenvalue weighted by molar-refractivity contribution is 4.82. The molecule has 0 saturated carbocycles. The molecule has 0 spiro atoms. The summed E-state index contributed by atoms with van der Waals surface area (Å²) in [5.41, 5.74) is 0. The van der Waals surface area contributed by atoms with Crippen molar-refractivity contribution in [1.82, 2.24) is 10.2 Å². The van der Waals surface area contributed by atoms with E-state index in [0.717, 1.165) is 32.2 Å². The van der Waals surface area contributed by atoms with Crippen LogP contribution in [-0.4, -0.2) is 49.8 Å². The Balaban J connectivity index is 1.71. The van der Waals surface area contributed by atoms with Crippen molar-refractivity contribution in [2.24, 2.45) is 0 Å². The maximum absolute atomic E-state index is 5.63. The normalized spacial score (nSPS) is 35.8. The molecule has 2 atom stereocenters. The van der Waals surface area contributed by atoms with Gasteiger partial charge in [-0.2, -0.15) is 0 Å². The first-order valence-corrected chi connectivity index (χ1v) is 5.46. The molecule has 0 aromatic heterocycles. The number of ether oxygens (including phenoxy) is 1. The number of rotatable bonds is 3. The van der Waals surface area contributed by atoms with Gasteiger partial charge in [0.15, 0.2) is 0 Å². The largest absolute Gasteiger partial charge is 0.376 e. The van der Waals surface area contributed by atoms with Gasteiger partial charge >= 0.3 is 0 Å². The van der Waals surface area contributed by atoms with E-state index in [-0.39, 0.29) is 0 Å². The Morgan fingerprint density at radius 2 is 2.38 bits per heavy atom. The molecule has 3 nitrogen and oxygen atoms in total. The lowest BCUT2D eigenvalue weighted by Gasteiger charge is -2.37. The molecule has 2 fully saturated rings. The van der Waals surface area contributed by atoms with Crippen molar-refractivity contribution in [3.63, 3.8) is 0 Å². The number of hydrogen-bond donors (Lipinski definition) is 1. The minimum atomic E-state index is 0.480. The first-order chi connectivity index (χ1) is 6.38. The Morgan fingerprint density at radius 1 is 1.54 bits per heavy atom. The predicted molar refractivity (Wildman–Crippen MR) is 52.9 cm³/mol. The molecule has 0 radical (unpaired) electrons. The van der Waals surface area contributed by atoms with E-state index < -0.39 is 0 Å². The summed E-state index contributed by atoms with van der Waals surface area (Å²) in [6, 6.07) is 0.760. The van der Waals surface area contributed by atoms with Gasteiger partial charge in [0.2, 0.25) is 0 Å². The average Bonchev–Trinajstić information content (AvgIpc) is 2.12. The van der Waals surface area contributed by atoms with Crippen molar-refractivity contribution in [3.05, 3.63) is 0 Å². The third kappa shape index (κ3) is 2.42. The summed E-state index contributed by atoms with van der Waals surface area (Å²) in [6.45, 7) is 7.82. The minimum Gasteiger partial charge on any atom is -0.376 e. The summed E-state index contributed by atoms with van der Waals surface area (Å²) in [4.78, 5) is 2.54. The molecule has 0 bridgehead atoms. The summed E-state index contributed by atoms with van der Waals surface area (Å²) < 4.78 is 5.63. The molecular weight excluding hydrogens is 164 g/mol. The van der Waals surface area contributed by atoms with Gasteiger partial charge in [-0.3, -0.25) is 4.90 Å². The van der Waals surface area contributed by atoms with Crippen LogP contribution in [0.15, 0.2) is 0 Å². The number of nitrogens with one attached hydrogen (secondary N) is 1. The Morgan fingerprint density at radius 3 is 3.00 bits per heavy atom. The molecule has 2 heterocycles. The van der Waals surface area contributed by atoms with Crippen LogP contribution in [0.4, 0.5) is 0 Å². The van der Waals surface area contributed by atoms with Gasteiger partial charge in [0, 0.05) is 25.7 Å². The molecule has 2 aliphatic rings. The lowest BCUT2D eigenvalue weighted by molar-refractivity contribution is -0.0341. The highest BCUT2D eigenvalue weighted by atomic mass is 16.5. The highest BCUT2D eigenvalue weighted by Crippen LogP contribution is 2.11. The van der Waals surface area contributed by atoms with Gasteiger partial charge in [-0.1, -0.05) is 6.92 Å². The molecule has 13 heavy (non-hydrogen) atoms. The predicted octanol–water partition coefficient (Wildman–Crippen LogP) is 0.459. The van der Waals surface area contributed by atoms with E-state index in [1.807, 2.05) is 0 Å². The molecule has 0 aromatic rings. The van der Waals surface area contributed by atoms with Gasteiger partial charge in [0.25, 0.3) is 0 Å². The first-order valence-electron chi connectivity index (χ1n) is 5.46. The van der Waals surface area contributed by atoms with Gasteiger partial charge in [-0.15, -0.1) is 0 Å². The molecule has 0 aliphatic carbocycles. The topological polar surface area (TPSA) is 24.5 Å². The monoisotopic (exact) mass is 184 g/mol. The molecule has 1 N–H and O–H groups in total. The number of nitrogens with zero attached hydrogens (tertiary/aromatic N) is 1. The standard InChI is InChI=1S/C10H20N2O/c1-2-10-8-12(5-6-13-10)7-9-3-4-11-9/h9-11H,2-8H2,1H3. The Labute approximate surface area is 80.4 Å². The van der Waals surface area contributed by atoms with E-state index in [9.17, 15) is 0 Å². The molecule has 2 rings (SSSR count). The van der Waals surface area contributed by atoms with E-state index in [4.69, 9.17) is 4.74 Å². The molecule has 2 aliphatic heterocycles. The van der Waals surface area contributed by atoms with Crippen molar-refractivity contribution in [2.75, 3.05) is 32.8 Å². The molecule has 2 saturated heterocycles. The van der Waals surface area contributed by atoms with E-state index in [1.54, 1.807) is 0 Å². The van der Waals surface area contributed by atoms with Crippen LogP contribution in [0.5, 0.6) is 0 Å². The van der Waals surface area contributed by atoms with E-state index >= 15 is 0 Å². The molecule has 0 aromatic carbocycles. The van der Waals surface area contributed by atoms with Gasteiger partial charge in [-0.05, 0) is 19.4 Å². The average molecular weight is 184 g/mol. The summed E-state index contributed by atoms with van der Waals surface area (Å²) in [7, 11) is 0. The van der Waals surface area contributed by atoms with Crippen LogP contribution in [0.2, 0.25) is 0 Å². The fourth-order valence-corrected chi connectivity index (χ4v) is 2.01. The summed E-state index contributed by atoms with van der Waals surface area (Å²) in [5, 5.41) is 3.44. The van der Waals surface area contributed by atoms with Gasteiger partial charge in [0.1, 0.15) is 0 Å². The zero-order chi connectivity index (χ0) is 9.10. The number of morpholine rings is 1. The van der Waals surface area contributed by atoms with E-state index in [0.29, 0.717) is 6.10 Å². The van der Waals surface area contributed by atoms with Gasteiger partial charge in [0.05, 0.1) is 12.7 Å². The van der Waals surface area contributed by atoms with Crippen LogP contribution < -0.4 is 5.32 Å². The second kappa shape index (κ2) is 4.40. The van der Waals surface area contributed by atoms with Crippen LogP contribution in [-0.2, 0) is 4.74 Å². The minimum absolute atomic E-state index is 0.480. The van der Waals surface area contributed by atoms with Crippen molar-refractivity contribution >= 4 is 0 Å². The third-order valence-corrected chi connectivity index (χ3v) is 3.08. The first kappa shape index (κ1) is 9.44. The third-order valence-electron chi connectivity index (χ3n) is 3.08. The maximum Gasteiger partial charge on any atom is 0.0700 e. The SMILES string of the molecule is CCC1CN(CC2CCN2)CCO1. The Hall–Kier alpha value is -0.120. The van der Waals surface area contributed by atoms with Crippen molar-refractivity contribution in [2.45, 2.75) is 31.9 Å². The summed E-state index contributed by atoms with van der Waals surface area (Å²) >= 11 is 0. The van der Waals surface area contributed by atoms with Crippen LogP contribution in [0.3, 0.4) is 0 Å². The van der Waals surface area contributed by atoms with Crippen molar-refractivity contribution < 1.29 is 4.74 Å². The molecule has 2 unspecified atom stereocenters. The molecule has 0 amide bonds. The van der Waals surface area contributed by atoms with Crippen molar-refractivity contribution in [1.29, 1.82) is 0 Å². The van der Waals surface area contributed by atoms with Crippen LogP contribution in [0.1, 0.15) is 19.8 Å². The summed E-state index contributed by atoms with van der Waals surface area (Å²) in [5.74, 6) is 0. The van der Waals surface area contributed by atoms with Crippen LogP contribution in [0, 0.1) is 0 Å². The fraction of sp³-hybridized carbons (Fsp3) is 1.00. The highest BCUT2D eigenvalue weighted by Gasteiger charge is 2.24. The smallest absolute Gasteiger partial charge is 0.0700 e.